The summed E-state index contributed by atoms with van der Waals surface area (Å²) < 4.78 is 14.0. The van der Waals surface area contributed by atoms with Crippen LogP contribution in [0.2, 0.25) is 0 Å². The molecular weight excluding hydrogens is 423 g/mol. The second-order valence-corrected chi connectivity index (χ2v) is 8.78. The van der Waals surface area contributed by atoms with Gasteiger partial charge in [0.05, 0.1) is 17.8 Å². The number of halogens is 1. The van der Waals surface area contributed by atoms with E-state index in [2.05, 4.69) is 30.1 Å². The molecule has 1 amide bonds. The first-order chi connectivity index (χ1) is 16.0. The van der Waals surface area contributed by atoms with Crippen LogP contribution in [0.4, 0.5) is 10.2 Å². The van der Waals surface area contributed by atoms with Crippen LogP contribution in [0, 0.1) is 5.82 Å². The van der Waals surface area contributed by atoms with E-state index in [4.69, 9.17) is 0 Å². The normalized spacial score (nSPS) is 21.5. The van der Waals surface area contributed by atoms with Crippen LogP contribution in [0.3, 0.4) is 0 Å². The van der Waals surface area contributed by atoms with E-state index in [1.165, 1.54) is 12.3 Å². The number of nitrogens with one attached hydrogen (secondary N) is 2. The Bertz CT molecular complexity index is 1220. The summed E-state index contributed by atoms with van der Waals surface area (Å²) in [5, 5.41) is 3.35. The second kappa shape index (κ2) is 8.90. The highest BCUT2D eigenvalue weighted by Gasteiger charge is 2.33. The Morgan fingerprint density at radius 3 is 2.70 bits per heavy atom. The molecule has 1 aliphatic heterocycles. The molecule has 1 aromatic carbocycles. The lowest BCUT2D eigenvalue weighted by Gasteiger charge is -2.38. The molecule has 0 bridgehead atoms. The van der Waals surface area contributed by atoms with Gasteiger partial charge < -0.3 is 15.2 Å². The van der Waals surface area contributed by atoms with Crippen molar-refractivity contribution in [3.05, 3.63) is 64.2 Å². The lowest BCUT2D eigenvalue weighted by molar-refractivity contribution is 0.0957. The van der Waals surface area contributed by atoms with Crippen LogP contribution >= 0.6 is 0 Å². The van der Waals surface area contributed by atoms with Crippen molar-refractivity contribution in [3.8, 4) is 0 Å². The summed E-state index contributed by atoms with van der Waals surface area (Å²) in [6.45, 7) is 3.55. The van der Waals surface area contributed by atoms with E-state index in [-0.39, 0.29) is 22.8 Å². The molecule has 1 saturated carbocycles. The molecule has 2 unspecified atom stereocenters. The SMILES string of the molecule is CNC(=O)c1cnc(N2CCN(C3CCC(c4cc5cccc(F)c5c(=O)[nH]4)C3)CC2)cn1. The molecular formula is C24H27FN6O2. The van der Waals surface area contributed by atoms with Crippen LogP contribution in [0.15, 0.2) is 41.5 Å². The van der Waals surface area contributed by atoms with Crippen LogP contribution < -0.4 is 15.8 Å². The van der Waals surface area contributed by atoms with Crippen molar-refractivity contribution >= 4 is 22.5 Å². The number of hydrogen-bond acceptors (Lipinski definition) is 6. The quantitative estimate of drug-likeness (QED) is 0.633. The number of piperazine rings is 1. The molecule has 2 N–H and O–H groups in total. The van der Waals surface area contributed by atoms with Crippen molar-refractivity contribution < 1.29 is 9.18 Å². The van der Waals surface area contributed by atoms with Gasteiger partial charge in [-0.1, -0.05) is 12.1 Å². The zero-order valence-electron chi connectivity index (χ0n) is 18.6. The summed E-state index contributed by atoms with van der Waals surface area (Å²) in [4.78, 5) is 40.4. The molecule has 2 atom stereocenters. The number of rotatable bonds is 4. The number of hydrogen-bond donors (Lipinski definition) is 2. The predicted molar refractivity (Wildman–Crippen MR) is 124 cm³/mol. The molecule has 9 heteroatoms. The van der Waals surface area contributed by atoms with Crippen molar-refractivity contribution in [2.45, 2.75) is 31.2 Å². The first-order valence-corrected chi connectivity index (χ1v) is 11.4. The first kappa shape index (κ1) is 21.5. The molecule has 2 fully saturated rings. The van der Waals surface area contributed by atoms with Crippen molar-refractivity contribution in [1.29, 1.82) is 0 Å². The molecule has 1 saturated heterocycles. The molecule has 5 rings (SSSR count). The van der Waals surface area contributed by atoms with E-state index in [1.54, 1.807) is 25.4 Å². The molecule has 33 heavy (non-hydrogen) atoms. The minimum atomic E-state index is -0.476. The zero-order valence-corrected chi connectivity index (χ0v) is 18.6. The Kier molecular flexibility index (Phi) is 5.80. The van der Waals surface area contributed by atoms with E-state index in [0.29, 0.717) is 17.1 Å². The average Bonchev–Trinajstić information content (AvgIpc) is 3.34. The van der Waals surface area contributed by atoms with Crippen molar-refractivity contribution in [2.75, 3.05) is 38.1 Å². The fraction of sp³-hybridized carbons (Fsp3) is 0.417. The molecule has 2 aliphatic rings. The van der Waals surface area contributed by atoms with E-state index >= 15 is 0 Å². The standard InChI is InChI=1S/C24H27FN6O2/c1-26-23(32)20-13-28-21(14-27-20)31-9-7-30(8-10-31)17-6-5-15(11-17)19-12-16-3-2-4-18(25)22(16)24(33)29-19/h2-4,12-15,17H,5-11H2,1H3,(H,26,32)(H,29,33). The molecule has 3 aromatic rings. The third-order valence-corrected chi connectivity index (χ3v) is 6.94. The van der Waals surface area contributed by atoms with E-state index < -0.39 is 5.82 Å². The van der Waals surface area contributed by atoms with Gasteiger partial charge in [0.2, 0.25) is 0 Å². The molecule has 0 spiro atoms. The minimum Gasteiger partial charge on any atom is -0.354 e. The largest absolute Gasteiger partial charge is 0.354 e. The van der Waals surface area contributed by atoms with Gasteiger partial charge in [0.25, 0.3) is 11.5 Å². The molecule has 0 radical (unpaired) electrons. The van der Waals surface area contributed by atoms with E-state index in [1.807, 2.05) is 6.07 Å². The average molecular weight is 451 g/mol. The van der Waals surface area contributed by atoms with Gasteiger partial charge in [-0.25, -0.2) is 14.4 Å². The van der Waals surface area contributed by atoms with Gasteiger partial charge in [-0.2, -0.15) is 0 Å². The van der Waals surface area contributed by atoms with E-state index in [9.17, 15) is 14.0 Å². The van der Waals surface area contributed by atoms with Crippen LogP contribution in [0.5, 0.6) is 0 Å². The molecule has 2 aromatic heterocycles. The smallest absolute Gasteiger partial charge is 0.271 e. The van der Waals surface area contributed by atoms with Gasteiger partial charge in [0, 0.05) is 50.9 Å². The Labute approximate surface area is 190 Å². The number of H-pyrrole nitrogens is 1. The van der Waals surface area contributed by atoms with Crippen LogP contribution in [-0.2, 0) is 0 Å². The zero-order chi connectivity index (χ0) is 22.9. The maximum absolute atomic E-state index is 14.0. The third-order valence-electron chi connectivity index (χ3n) is 6.94. The predicted octanol–water partition coefficient (Wildman–Crippen LogP) is 2.28. The second-order valence-electron chi connectivity index (χ2n) is 8.78. The van der Waals surface area contributed by atoms with Crippen molar-refractivity contribution in [1.82, 2.24) is 25.2 Å². The van der Waals surface area contributed by atoms with E-state index in [0.717, 1.165) is 57.0 Å². The molecule has 3 heterocycles. The minimum absolute atomic E-state index is 0.137. The number of amides is 1. The highest BCUT2D eigenvalue weighted by atomic mass is 19.1. The van der Waals surface area contributed by atoms with Gasteiger partial charge >= 0.3 is 0 Å². The van der Waals surface area contributed by atoms with Crippen LogP contribution in [0.1, 0.15) is 41.4 Å². The molecule has 172 valence electrons. The fourth-order valence-electron chi connectivity index (χ4n) is 5.14. The highest BCUT2D eigenvalue weighted by Crippen LogP contribution is 2.37. The monoisotopic (exact) mass is 450 g/mol. The number of pyridine rings is 1. The number of aromatic amines is 1. The highest BCUT2D eigenvalue weighted by molar-refractivity contribution is 5.91. The summed E-state index contributed by atoms with van der Waals surface area (Å²) in [5.74, 6) is 0.340. The Morgan fingerprint density at radius 1 is 1.15 bits per heavy atom. The third kappa shape index (κ3) is 4.20. The van der Waals surface area contributed by atoms with Crippen molar-refractivity contribution in [2.24, 2.45) is 0 Å². The summed E-state index contributed by atoms with van der Waals surface area (Å²) in [7, 11) is 1.57. The Morgan fingerprint density at radius 2 is 1.97 bits per heavy atom. The number of anilines is 1. The lowest BCUT2D eigenvalue weighted by Crippen LogP contribution is -2.50. The number of fused-ring (bicyclic) bond motifs is 1. The molecule has 8 nitrogen and oxygen atoms in total. The lowest BCUT2D eigenvalue weighted by atomic mass is 10.00. The number of carbonyl (C=O) groups excluding carboxylic acids is 1. The molecule has 1 aliphatic carbocycles. The number of benzene rings is 1. The maximum atomic E-state index is 14.0. The number of nitrogens with zero attached hydrogens (tertiary/aromatic N) is 4. The summed E-state index contributed by atoms with van der Waals surface area (Å²) in [5.41, 5.74) is 0.873. The Hall–Kier alpha value is -3.33. The Balaban J connectivity index is 1.21. The maximum Gasteiger partial charge on any atom is 0.271 e. The van der Waals surface area contributed by atoms with Gasteiger partial charge in [-0.05, 0) is 36.8 Å². The summed E-state index contributed by atoms with van der Waals surface area (Å²) in [6, 6.07) is 7.17. The van der Waals surface area contributed by atoms with Gasteiger partial charge in [-0.3, -0.25) is 14.5 Å². The van der Waals surface area contributed by atoms with Crippen LogP contribution in [0.25, 0.3) is 10.8 Å². The number of carbonyl (C=O) groups is 1. The summed E-state index contributed by atoms with van der Waals surface area (Å²) >= 11 is 0. The van der Waals surface area contributed by atoms with Gasteiger partial charge in [0.15, 0.2) is 0 Å². The first-order valence-electron chi connectivity index (χ1n) is 11.4. The van der Waals surface area contributed by atoms with Gasteiger partial charge in [0.1, 0.15) is 17.3 Å². The van der Waals surface area contributed by atoms with Crippen molar-refractivity contribution in [3.63, 3.8) is 0 Å². The van der Waals surface area contributed by atoms with Crippen LogP contribution in [-0.4, -0.2) is 65.0 Å². The summed E-state index contributed by atoms with van der Waals surface area (Å²) in [6.07, 6.45) is 6.24. The van der Waals surface area contributed by atoms with Gasteiger partial charge in [-0.15, -0.1) is 0 Å². The number of aromatic nitrogens is 3. The topological polar surface area (TPSA) is 94.2 Å². The fourth-order valence-corrected chi connectivity index (χ4v) is 5.14.